The number of nitrogens with one attached hydrogen (secondary N) is 2. The minimum absolute atomic E-state index is 0.0396. The Morgan fingerprint density at radius 3 is 2.52 bits per heavy atom. The lowest BCUT2D eigenvalue weighted by Gasteiger charge is -2.29. The molecule has 71 heavy (non-hydrogen) atoms. The largest absolute Gasteiger partial charge is 0.487 e. The van der Waals surface area contributed by atoms with Crippen molar-refractivity contribution in [1.82, 2.24) is 30.3 Å². The maximum Gasteiger partial charge on any atom is 0.257 e. The van der Waals surface area contributed by atoms with E-state index < -0.39 is 23.6 Å². The maximum absolute atomic E-state index is 14.3. The first kappa shape index (κ1) is 49.6. The van der Waals surface area contributed by atoms with Gasteiger partial charge in [0.25, 0.3) is 11.8 Å². The van der Waals surface area contributed by atoms with Crippen LogP contribution in [0.1, 0.15) is 55.7 Å². The molecule has 1 saturated heterocycles. The maximum atomic E-state index is 14.3. The number of amides is 2. The van der Waals surface area contributed by atoms with Crippen molar-refractivity contribution < 1.29 is 42.9 Å². The van der Waals surface area contributed by atoms with Crippen molar-refractivity contribution in [3.63, 3.8) is 0 Å². The number of aryl methyl sites for hydroxylation is 1. The van der Waals surface area contributed by atoms with E-state index in [-0.39, 0.29) is 63.0 Å². The monoisotopic (exact) mass is 976 g/mol. The van der Waals surface area contributed by atoms with E-state index in [1.54, 1.807) is 47.9 Å². The molecular formula is C53H52N8O9S. The number of aliphatic hydroxyl groups is 1. The first-order valence-electron chi connectivity index (χ1n) is 22.9. The van der Waals surface area contributed by atoms with E-state index in [0.29, 0.717) is 58.6 Å². The molecule has 0 bridgehead atoms. The number of carbonyl (C=O) groups is 2. The van der Waals surface area contributed by atoms with Crippen LogP contribution in [0.2, 0.25) is 0 Å². The number of anilines is 2. The predicted octanol–water partition coefficient (Wildman–Crippen LogP) is 6.43. The number of aliphatic imine (C=N–C) groups is 1. The lowest BCUT2D eigenvalue weighted by molar-refractivity contribution is -0.134. The molecular weight excluding hydrogens is 925 g/mol. The number of rotatable bonds is 19. The number of amidine groups is 1. The van der Waals surface area contributed by atoms with Crippen molar-refractivity contribution in [2.45, 2.75) is 57.7 Å². The van der Waals surface area contributed by atoms with Gasteiger partial charge in [0.1, 0.15) is 43.7 Å². The Bertz CT molecular complexity index is 3090. The second kappa shape index (κ2) is 22.8. The third-order valence-corrected chi connectivity index (χ3v) is 12.8. The molecule has 0 spiro atoms. The van der Waals surface area contributed by atoms with E-state index >= 15 is 0 Å². The van der Waals surface area contributed by atoms with E-state index in [2.05, 4.69) is 60.3 Å². The molecule has 17 nitrogen and oxygen atoms in total. The van der Waals surface area contributed by atoms with E-state index in [0.717, 1.165) is 27.4 Å². The number of methoxy groups -OCH3 is 1. The third kappa shape index (κ3) is 11.6. The average Bonchev–Trinajstić information content (AvgIpc) is 4.18. The number of likely N-dealkylation sites (tertiary alicyclic amines) is 1. The van der Waals surface area contributed by atoms with Gasteiger partial charge in [-0.05, 0) is 78.1 Å². The smallest absolute Gasteiger partial charge is 0.257 e. The zero-order valence-corrected chi connectivity index (χ0v) is 40.7. The summed E-state index contributed by atoms with van der Waals surface area (Å²) < 4.78 is 34.2. The zero-order chi connectivity index (χ0) is 49.9. The summed E-state index contributed by atoms with van der Waals surface area (Å²) in [7, 11) is 1.60. The number of aromatic nitrogens is 4. The van der Waals surface area contributed by atoms with Crippen LogP contribution in [0.25, 0.3) is 21.3 Å². The standard InChI is InChI=1S/C53H52N8O9S/c1-7-35-13-12-14-38(25-35)57-49-40-27-43(44(67-23-21-65-6)28-41(40)54-31-55-49)68-24-22-66-19-10-8-9-11-20-69-46-29-45(70-60-46)47(33(2)3)51(63)61-30-39(62)26-42(61)50-58-52(64)53(5,59-50)37-17-15-36(16-18-37)48-34(4)56-32-71-48/h1,12-18,25,27-29,31-33,39,42,47,62H,19-24,26,30H2,2-6H3,(H,54,55,57)(H,58,59,64)/t39-,42-,47-,53+/m1/s1. The van der Waals surface area contributed by atoms with Gasteiger partial charge in [-0.15, -0.1) is 17.8 Å². The molecule has 2 aliphatic heterocycles. The van der Waals surface area contributed by atoms with Gasteiger partial charge in [-0.1, -0.05) is 56.0 Å². The third-order valence-electron chi connectivity index (χ3n) is 11.8. The van der Waals surface area contributed by atoms with Gasteiger partial charge in [-0.3, -0.25) is 9.59 Å². The Labute approximate surface area is 415 Å². The van der Waals surface area contributed by atoms with Crippen LogP contribution >= 0.6 is 11.3 Å². The van der Waals surface area contributed by atoms with E-state index in [1.807, 2.05) is 75.4 Å². The molecule has 18 heteroatoms. The molecule has 2 amide bonds. The number of carbonyl (C=O) groups excluding carboxylic acids is 2. The SMILES string of the molecule is C#Cc1cccc(Nc2ncnc3cc(OCCOC)c(OCCOCC#CC#CCOc4cc([C@H](C(=O)N5C[C@H](O)C[C@@H]5C5=N[C@@](C)(c6ccc(-c7scnc7C)cc6)C(=O)N5)C(C)C)on4)cc23)c1. The number of β-amino-alcohol motifs (C(OH)–C–C–N with tert-alkyl or cyclic N) is 1. The van der Waals surface area contributed by atoms with Gasteiger partial charge in [-0.25, -0.2) is 19.9 Å². The van der Waals surface area contributed by atoms with Crippen LogP contribution in [-0.2, 0) is 24.6 Å². The van der Waals surface area contributed by atoms with Crippen LogP contribution in [0, 0.1) is 48.9 Å². The second-order valence-electron chi connectivity index (χ2n) is 17.1. The summed E-state index contributed by atoms with van der Waals surface area (Å²) in [4.78, 5) is 48.6. The number of ether oxygens (including phenoxy) is 5. The Balaban J connectivity index is 0.826. The highest BCUT2D eigenvalue weighted by molar-refractivity contribution is 7.13. The highest BCUT2D eigenvalue weighted by Gasteiger charge is 2.48. The minimum atomic E-state index is -1.23. The molecule has 3 N–H and O–H groups in total. The van der Waals surface area contributed by atoms with Crippen LogP contribution in [0.3, 0.4) is 0 Å². The van der Waals surface area contributed by atoms with Gasteiger partial charge in [-0.2, -0.15) is 0 Å². The molecule has 5 heterocycles. The van der Waals surface area contributed by atoms with Crippen LogP contribution in [0.5, 0.6) is 17.4 Å². The molecule has 6 aromatic rings. The molecule has 4 atom stereocenters. The molecule has 2 aliphatic rings. The molecule has 0 radical (unpaired) electrons. The lowest BCUT2D eigenvalue weighted by atomic mass is 9.91. The Hall–Kier alpha value is -7.79. The Kier molecular flexibility index (Phi) is 15.9. The molecule has 1 fully saturated rings. The Morgan fingerprint density at radius 1 is 1.00 bits per heavy atom. The van der Waals surface area contributed by atoms with Crippen LogP contribution in [0.15, 0.2) is 88.1 Å². The van der Waals surface area contributed by atoms with Gasteiger partial charge in [0, 0.05) is 48.8 Å². The number of benzene rings is 3. The van der Waals surface area contributed by atoms with Crippen LogP contribution in [-0.4, -0.2) is 113 Å². The first-order chi connectivity index (χ1) is 34.4. The minimum Gasteiger partial charge on any atom is -0.487 e. The van der Waals surface area contributed by atoms with Crippen molar-refractivity contribution in [1.29, 1.82) is 0 Å². The zero-order valence-electron chi connectivity index (χ0n) is 39.9. The van der Waals surface area contributed by atoms with Gasteiger partial charge in [0.2, 0.25) is 5.91 Å². The average molecular weight is 977 g/mol. The number of terminal acetylenes is 1. The number of thiazole rings is 1. The summed E-state index contributed by atoms with van der Waals surface area (Å²) in [6.07, 6.45) is 6.46. The molecule has 0 aliphatic carbocycles. The van der Waals surface area contributed by atoms with Gasteiger partial charge < -0.3 is 48.8 Å². The number of hydrogen-bond donors (Lipinski definition) is 3. The predicted molar refractivity (Wildman–Crippen MR) is 267 cm³/mol. The first-order valence-corrected chi connectivity index (χ1v) is 23.7. The van der Waals surface area contributed by atoms with Crippen molar-refractivity contribution in [2.24, 2.45) is 10.9 Å². The van der Waals surface area contributed by atoms with E-state index in [9.17, 15) is 14.7 Å². The van der Waals surface area contributed by atoms with Crippen molar-refractivity contribution in [3.8, 4) is 63.8 Å². The fourth-order valence-electron chi connectivity index (χ4n) is 8.21. The fraction of sp³-hybridized carbons (Fsp3) is 0.340. The van der Waals surface area contributed by atoms with E-state index in [4.69, 9.17) is 39.6 Å². The normalized spacial score (nSPS) is 17.6. The van der Waals surface area contributed by atoms with Crippen molar-refractivity contribution in [2.75, 3.05) is 58.6 Å². The fourth-order valence-corrected chi connectivity index (χ4v) is 9.02. The summed E-state index contributed by atoms with van der Waals surface area (Å²) in [5.74, 6) is 14.5. The Morgan fingerprint density at radius 2 is 1.77 bits per heavy atom. The molecule has 0 unspecified atom stereocenters. The summed E-state index contributed by atoms with van der Waals surface area (Å²) in [6.45, 7) is 8.76. The molecule has 364 valence electrons. The van der Waals surface area contributed by atoms with E-state index in [1.165, 1.54) is 6.33 Å². The molecule has 3 aromatic heterocycles. The highest BCUT2D eigenvalue weighted by Crippen LogP contribution is 2.38. The van der Waals surface area contributed by atoms with Crippen LogP contribution < -0.4 is 24.8 Å². The lowest BCUT2D eigenvalue weighted by Crippen LogP contribution is -2.48. The molecule has 3 aromatic carbocycles. The topological polar surface area (TPSA) is 205 Å². The summed E-state index contributed by atoms with van der Waals surface area (Å²) in [5.41, 5.74) is 5.38. The molecule has 8 rings (SSSR count). The number of nitrogens with zero attached hydrogens (tertiary/aromatic N) is 6. The van der Waals surface area contributed by atoms with Gasteiger partial charge in [0.15, 0.2) is 29.4 Å². The number of hydrogen-bond acceptors (Lipinski definition) is 16. The number of aliphatic hydroxyl groups excluding tert-OH is 1. The summed E-state index contributed by atoms with van der Waals surface area (Å²) >= 11 is 1.55. The summed E-state index contributed by atoms with van der Waals surface area (Å²) in [6, 6.07) is 19.7. The van der Waals surface area contributed by atoms with Crippen molar-refractivity contribution in [3.05, 3.63) is 101 Å². The summed E-state index contributed by atoms with van der Waals surface area (Å²) in [5, 5.41) is 21.8. The van der Waals surface area contributed by atoms with Gasteiger partial charge in [0.05, 0.1) is 47.0 Å². The van der Waals surface area contributed by atoms with Crippen molar-refractivity contribution >= 4 is 51.4 Å². The number of fused-ring (bicyclic) bond motifs is 1. The van der Waals surface area contributed by atoms with Crippen LogP contribution in [0.4, 0.5) is 11.5 Å². The quantitative estimate of drug-likeness (QED) is 0.0592. The molecule has 0 saturated carbocycles. The second-order valence-corrected chi connectivity index (χ2v) is 17.9. The highest BCUT2D eigenvalue weighted by atomic mass is 32.1. The van der Waals surface area contributed by atoms with Gasteiger partial charge >= 0.3 is 0 Å².